The molecule has 0 N–H and O–H groups in total. The second kappa shape index (κ2) is 4.05. The summed E-state index contributed by atoms with van der Waals surface area (Å²) in [5.74, 6) is 1.63. The summed E-state index contributed by atoms with van der Waals surface area (Å²) >= 11 is 0. The van der Waals surface area contributed by atoms with Crippen LogP contribution < -0.4 is 4.74 Å². The lowest BCUT2D eigenvalue weighted by molar-refractivity contribution is 0.415. The quantitative estimate of drug-likeness (QED) is 0.758. The average molecular weight is 200 g/mol. The van der Waals surface area contributed by atoms with Gasteiger partial charge in [-0.05, 0) is 29.8 Å². The van der Waals surface area contributed by atoms with Crippen LogP contribution in [0.15, 0.2) is 53.7 Å². The van der Waals surface area contributed by atoms with Gasteiger partial charge in [-0.2, -0.15) is 0 Å². The third-order valence-electron chi connectivity index (χ3n) is 2.26. The Morgan fingerprint density at radius 1 is 1.20 bits per heavy atom. The van der Waals surface area contributed by atoms with Crippen molar-refractivity contribution >= 4 is 5.57 Å². The zero-order valence-corrected chi connectivity index (χ0v) is 8.57. The van der Waals surface area contributed by atoms with E-state index in [0.717, 1.165) is 22.6 Å². The molecule has 15 heavy (non-hydrogen) atoms. The lowest BCUT2D eigenvalue weighted by Gasteiger charge is -2.04. The van der Waals surface area contributed by atoms with Gasteiger partial charge in [-0.15, -0.1) is 0 Å². The minimum atomic E-state index is 0.792. The molecule has 0 unspecified atom stereocenters. The molecule has 1 aromatic heterocycles. The fourth-order valence-corrected chi connectivity index (χ4v) is 1.38. The van der Waals surface area contributed by atoms with Crippen molar-refractivity contribution in [2.45, 2.75) is 0 Å². The summed E-state index contributed by atoms with van der Waals surface area (Å²) in [6.07, 6.45) is 1.64. The summed E-state index contributed by atoms with van der Waals surface area (Å²) in [4.78, 5) is 0. The lowest BCUT2D eigenvalue weighted by atomic mass is 10.1. The second-order valence-electron chi connectivity index (χ2n) is 3.18. The van der Waals surface area contributed by atoms with Crippen molar-refractivity contribution in [2.24, 2.45) is 0 Å². The van der Waals surface area contributed by atoms with E-state index in [9.17, 15) is 0 Å². The number of benzene rings is 1. The molecule has 0 aliphatic heterocycles. The number of hydrogen-bond acceptors (Lipinski definition) is 2. The van der Waals surface area contributed by atoms with Crippen molar-refractivity contribution < 1.29 is 9.15 Å². The first kappa shape index (κ1) is 9.59. The van der Waals surface area contributed by atoms with E-state index >= 15 is 0 Å². The van der Waals surface area contributed by atoms with E-state index in [-0.39, 0.29) is 0 Å². The van der Waals surface area contributed by atoms with Crippen LogP contribution in [0.5, 0.6) is 5.75 Å². The number of furan rings is 1. The largest absolute Gasteiger partial charge is 0.497 e. The third-order valence-corrected chi connectivity index (χ3v) is 2.26. The third kappa shape index (κ3) is 1.94. The van der Waals surface area contributed by atoms with Crippen molar-refractivity contribution in [1.29, 1.82) is 0 Å². The van der Waals surface area contributed by atoms with Gasteiger partial charge in [-0.25, -0.2) is 0 Å². The molecular formula is C13H12O2. The Balaban J connectivity index is 2.27. The van der Waals surface area contributed by atoms with Crippen molar-refractivity contribution in [1.82, 2.24) is 0 Å². The Kier molecular flexibility index (Phi) is 2.59. The molecule has 0 spiro atoms. The molecule has 0 amide bonds. The molecule has 2 nitrogen and oxygen atoms in total. The predicted molar refractivity (Wildman–Crippen MR) is 59.8 cm³/mol. The Hall–Kier alpha value is -1.96. The van der Waals surface area contributed by atoms with Crippen LogP contribution in [0.2, 0.25) is 0 Å². The van der Waals surface area contributed by atoms with Gasteiger partial charge in [-0.3, -0.25) is 0 Å². The maximum Gasteiger partial charge on any atom is 0.133 e. The van der Waals surface area contributed by atoms with Gasteiger partial charge in [0.25, 0.3) is 0 Å². The predicted octanol–water partition coefficient (Wildman–Crippen LogP) is 3.35. The normalized spacial score (nSPS) is 9.93. The van der Waals surface area contributed by atoms with Crippen LogP contribution in [0.25, 0.3) is 5.57 Å². The smallest absolute Gasteiger partial charge is 0.133 e. The maximum absolute atomic E-state index is 5.28. The molecule has 1 aromatic carbocycles. The molecule has 0 fully saturated rings. The van der Waals surface area contributed by atoms with E-state index in [0.29, 0.717) is 0 Å². The summed E-state index contributed by atoms with van der Waals surface area (Å²) in [6, 6.07) is 11.5. The van der Waals surface area contributed by atoms with E-state index in [1.165, 1.54) is 0 Å². The van der Waals surface area contributed by atoms with Gasteiger partial charge >= 0.3 is 0 Å². The molecule has 0 saturated carbocycles. The molecule has 0 radical (unpaired) electrons. The first-order valence-corrected chi connectivity index (χ1v) is 4.68. The zero-order chi connectivity index (χ0) is 10.7. The topological polar surface area (TPSA) is 22.4 Å². The molecule has 2 aromatic rings. The highest BCUT2D eigenvalue weighted by Gasteiger charge is 2.04. The molecule has 1 heterocycles. The number of methoxy groups -OCH3 is 1. The summed E-state index contributed by atoms with van der Waals surface area (Å²) in [6.45, 7) is 3.99. The molecule has 0 atom stereocenters. The highest BCUT2D eigenvalue weighted by Crippen LogP contribution is 2.23. The summed E-state index contributed by atoms with van der Waals surface area (Å²) in [7, 11) is 1.65. The van der Waals surface area contributed by atoms with Gasteiger partial charge in [0.2, 0.25) is 0 Å². The summed E-state index contributed by atoms with van der Waals surface area (Å²) in [5, 5.41) is 0. The standard InChI is InChI=1S/C13H12O2/c1-10(13-4-3-9-15-13)11-5-7-12(14-2)8-6-11/h3-9H,1H2,2H3. The Bertz CT molecular complexity index is 438. The number of rotatable bonds is 3. The van der Waals surface area contributed by atoms with E-state index in [1.807, 2.05) is 36.4 Å². The number of ether oxygens (including phenoxy) is 1. The van der Waals surface area contributed by atoms with Crippen LogP contribution in [0.4, 0.5) is 0 Å². The molecule has 0 aliphatic carbocycles. The highest BCUT2D eigenvalue weighted by atomic mass is 16.5. The van der Waals surface area contributed by atoms with Crippen LogP contribution in [0.3, 0.4) is 0 Å². The molecule has 0 aliphatic rings. The Morgan fingerprint density at radius 3 is 2.47 bits per heavy atom. The van der Waals surface area contributed by atoms with Crippen molar-refractivity contribution in [3.63, 3.8) is 0 Å². The fourth-order valence-electron chi connectivity index (χ4n) is 1.38. The zero-order valence-electron chi connectivity index (χ0n) is 8.57. The van der Waals surface area contributed by atoms with Crippen molar-refractivity contribution in [3.05, 3.63) is 60.6 Å². The average Bonchev–Trinajstić information content (AvgIpc) is 2.82. The highest BCUT2D eigenvalue weighted by molar-refractivity contribution is 5.75. The molecular weight excluding hydrogens is 188 g/mol. The van der Waals surface area contributed by atoms with Crippen molar-refractivity contribution in [3.8, 4) is 5.75 Å². The minimum Gasteiger partial charge on any atom is -0.497 e. The molecule has 0 bridgehead atoms. The first-order chi connectivity index (χ1) is 7.31. The fraction of sp³-hybridized carbons (Fsp3) is 0.0769. The van der Waals surface area contributed by atoms with Crippen LogP contribution in [-0.4, -0.2) is 7.11 Å². The minimum absolute atomic E-state index is 0.792. The van der Waals surface area contributed by atoms with Crippen LogP contribution in [-0.2, 0) is 0 Å². The second-order valence-corrected chi connectivity index (χ2v) is 3.18. The molecule has 0 saturated heterocycles. The maximum atomic E-state index is 5.28. The van der Waals surface area contributed by atoms with E-state index < -0.39 is 0 Å². The molecule has 2 heteroatoms. The summed E-state index contributed by atoms with van der Waals surface area (Å²) in [5.41, 5.74) is 1.91. The van der Waals surface area contributed by atoms with Crippen LogP contribution in [0, 0.1) is 0 Å². The Morgan fingerprint density at radius 2 is 1.93 bits per heavy atom. The van der Waals surface area contributed by atoms with Crippen LogP contribution in [0.1, 0.15) is 11.3 Å². The number of hydrogen-bond donors (Lipinski definition) is 0. The van der Waals surface area contributed by atoms with Crippen molar-refractivity contribution in [2.75, 3.05) is 7.11 Å². The molecule has 76 valence electrons. The van der Waals surface area contributed by atoms with Gasteiger partial charge in [-0.1, -0.05) is 18.7 Å². The van der Waals surface area contributed by atoms with Gasteiger partial charge < -0.3 is 9.15 Å². The van der Waals surface area contributed by atoms with E-state index in [2.05, 4.69) is 6.58 Å². The summed E-state index contributed by atoms with van der Waals surface area (Å²) < 4.78 is 10.4. The van der Waals surface area contributed by atoms with Gasteiger partial charge in [0.15, 0.2) is 0 Å². The monoisotopic (exact) mass is 200 g/mol. The van der Waals surface area contributed by atoms with Crippen LogP contribution >= 0.6 is 0 Å². The lowest BCUT2D eigenvalue weighted by Crippen LogP contribution is -1.85. The molecule has 2 rings (SSSR count). The first-order valence-electron chi connectivity index (χ1n) is 4.68. The van der Waals surface area contributed by atoms with E-state index in [4.69, 9.17) is 9.15 Å². The SMILES string of the molecule is C=C(c1ccc(OC)cc1)c1ccco1. The van der Waals surface area contributed by atoms with E-state index in [1.54, 1.807) is 13.4 Å². The van der Waals surface area contributed by atoms with Gasteiger partial charge in [0.05, 0.1) is 13.4 Å². The van der Waals surface area contributed by atoms with Gasteiger partial charge in [0.1, 0.15) is 11.5 Å². The van der Waals surface area contributed by atoms with Gasteiger partial charge in [0, 0.05) is 5.57 Å². The Labute approximate surface area is 88.8 Å².